The number of aromatic nitrogens is 1. The van der Waals surface area contributed by atoms with Crippen LogP contribution < -0.4 is 10.5 Å². The molecule has 0 aliphatic heterocycles. The molecule has 0 spiro atoms. The topological polar surface area (TPSA) is 101 Å². The molecule has 6 nitrogen and oxygen atoms in total. The predicted octanol–water partition coefficient (Wildman–Crippen LogP) is 4.31. The first-order valence-electron chi connectivity index (χ1n) is 9.59. The summed E-state index contributed by atoms with van der Waals surface area (Å²) in [6.07, 6.45) is 5.35. The zero-order valence-corrected chi connectivity index (χ0v) is 18.0. The van der Waals surface area contributed by atoms with Gasteiger partial charge in [-0.3, -0.25) is 10.1 Å². The molecule has 0 aromatic carbocycles. The first kappa shape index (κ1) is 19.7. The van der Waals surface area contributed by atoms with Crippen molar-refractivity contribution in [3.63, 3.8) is 0 Å². The molecule has 150 valence electrons. The van der Waals surface area contributed by atoms with Gasteiger partial charge in [0.2, 0.25) is 0 Å². The molecule has 1 saturated carbocycles. The van der Waals surface area contributed by atoms with Gasteiger partial charge in [0.1, 0.15) is 0 Å². The summed E-state index contributed by atoms with van der Waals surface area (Å²) >= 11 is 1.41. The van der Waals surface area contributed by atoms with Crippen LogP contribution in [0, 0.1) is 6.92 Å². The molecule has 0 saturated heterocycles. The summed E-state index contributed by atoms with van der Waals surface area (Å²) in [7, 11) is -1.05. The highest BCUT2D eigenvalue weighted by molar-refractivity contribution is 7.87. The van der Waals surface area contributed by atoms with Crippen molar-refractivity contribution in [3.8, 4) is 0 Å². The van der Waals surface area contributed by atoms with E-state index in [1.54, 1.807) is 13.8 Å². The Morgan fingerprint density at radius 3 is 2.82 bits per heavy atom. The van der Waals surface area contributed by atoms with Crippen molar-refractivity contribution < 1.29 is 9.90 Å². The summed E-state index contributed by atoms with van der Waals surface area (Å²) < 4.78 is 4.94. The van der Waals surface area contributed by atoms with E-state index in [1.165, 1.54) is 24.2 Å². The van der Waals surface area contributed by atoms with Crippen LogP contribution in [0.5, 0.6) is 0 Å². The van der Waals surface area contributed by atoms with Crippen molar-refractivity contribution in [2.45, 2.75) is 68.6 Å². The van der Waals surface area contributed by atoms with E-state index < -0.39 is 22.5 Å². The second-order valence-corrected chi connectivity index (χ2v) is 10.5. The van der Waals surface area contributed by atoms with Crippen molar-refractivity contribution in [2.75, 3.05) is 5.32 Å². The number of carbonyl (C=O) groups excluding carboxylic acids is 1. The molecule has 2 aliphatic carbocycles. The zero-order chi connectivity index (χ0) is 20.1. The molecule has 4 N–H and O–H groups in total. The summed E-state index contributed by atoms with van der Waals surface area (Å²) in [4.78, 5) is 17.5. The average molecular weight is 419 g/mol. The highest BCUT2D eigenvalue weighted by Gasteiger charge is 2.31. The van der Waals surface area contributed by atoms with Gasteiger partial charge in [0.25, 0.3) is 0 Å². The first-order chi connectivity index (χ1) is 13.2. The highest BCUT2D eigenvalue weighted by atomic mass is 32.2. The molecule has 2 aromatic heterocycles. The SMILES string of the molecule is Cc1c(C2CC2)nc2c(c1NC(=O)N=S(N)c1cc(C(C)(C)O)cs1)CCC2. The molecule has 2 aliphatic rings. The number of hydrogen-bond acceptors (Lipinski definition) is 4. The molecular weight excluding hydrogens is 392 g/mol. The molecule has 2 amide bonds. The minimum absolute atomic E-state index is 0.422. The highest BCUT2D eigenvalue weighted by Crippen LogP contribution is 2.44. The molecule has 2 heterocycles. The van der Waals surface area contributed by atoms with E-state index in [0.29, 0.717) is 5.92 Å². The van der Waals surface area contributed by atoms with Gasteiger partial charge in [0, 0.05) is 28.2 Å². The van der Waals surface area contributed by atoms with Crippen LogP contribution in [0.3, 0.4) is 0 Å². The van der Waals surface area contributed by atoms with Gasteiger partial charge < -0.3 is 10.4 Å². The number of amides is 2. The molecule has 0 bridgehead atoms. The quantitative estimate of drug-likeness (QED) is 0.688. The average Bonchev–Trinajstić information content (AvgIpc) is 3.14. The van der Waals surface area contributed by atoms with Gasteiger partial charge in [0.05, 0.1) is 15.5 Å². The number of nitrogens with one attached hydrogen (secondary N) is 1. The zero-order valence-electron chi connectivity index (χ0n) is 16.4. The maximum atomic E-state index is 12.6. The first-order valence-corrected chi connectivity index (χ1v) is 11.7. The largest absolute Gasteiger partial charge is 0.386 e. The van der Waals surface area contributed by atoms with Gasteiger partial charge in [-0.1, -0.05) is 0 Å². The number of hydrogen-bond donors (Lipinski definition) is 3. The Bertz CT molecular complexity index is 971. The van der Waals surface area contributed by atoms with Crippen LogP contribution in [0.15, 0.2) is 20.0 Å². The van der Waals surface area contributed by atoms with Crippen LogP contribution in [0.4, 0.5) is 10.5 Å². The van der Waals surface area contributed by atoms with Crippen molar-refractivity contribution >= 4 is 33.9 Å². The Hall–Kier alpha value is -1.61. The lowest BCUT2D eigenvalue weighted by atomic mass is 10.0. The number of nitrogens with two attached hydrogens (primary N) is 1. The van der Waals surface area contributed by atoms with Crippen LogP contribution in [0.1, 0.15) is 67.1 Å². The van der Waals surface area contributed by atoms with Gasteiger partial charge >= 0.3 is 6.03 Å². The molecule has 1 unspecified atom stereocenters. The molecule has 0 radical (unpaired) electrons. The van der Waals surface area contributed by atoms with E-state index in [-0.39, 0.29) is 0 Å². The Morgan fingerprint density at radius 1 is 1.43 bits per heavy atom. The van der Waals surface area contributed by atoms with Crippen molar-refractivity contribution in [1.82, 2.24) is 4.98 Å². The molecule has 2 aromatic rings. The van der Waals surface area contributed by atoms with Crippen molar-refractivity contribution in [1.29, 1.82) is 0 Å². The Morgan fingerprint density at radius 2 is 2.18 bits per heavy atom. The number of thiophene rings is 1. The minimum Gasteiger partial charge on any atom is -0.386 e. The number of urea groups is 1. The Kier molecular flexibility index (Phi) is 5.16. The lowest BCUT2D eigenvalue weighted by Gasteiger charge is -2.16. The number of aryl methyl sites for hydroxylation is 1. The Labute approximate surface area is 171 Å². The molecule has 8 heteroatoms. The van der Waals surface area contributed by atoms with Crippen LogP contribution in [-0.4, -0.2) is 16.1 Å². The van der Waals surface area contributed by atoms with Gasteiger partial charge in [-0.05, 0) is 81.0 Å². The Balaban J connectivity index is 1.59. The third-order valence-electron chi connectivity index (χ3n) is 5.37. The van der Waals surface area contributed by atoms with Gasteiger partial charge in [-0.2, -0.15) is 4.36 Å². The maximum absolute atomic E-state index is 12.6. The number of nitrogens with zero attached hydrogens (tertiary/aromatic N) is 2. The fraction of sp³-hybridized carbons (Fsp3) is 0.500. The number of anilines is 1. The lowest BCUT2D eigenvalue weighted by molar-refractivity contribution is 0.0789. The van der Waals surface area contributed by atoms with Crippen LogP contribution >= 0.6 is 11.3 Å². The van der Waals surface area contributed by atoms with Crippen molar-refractivity contribution in [3.05, 3.63) is 39.5 Å². The summed E-state index contributed by atoms with van der Waals surface area (Å²) in [5.41, 5.74) is 5.22. The predicted molar refractivity (Wildman–Crippen MR) is 114 cm³/mol. The number of fused-ring (bicyclic) bond motifs is 1. The maximum Gasteiger partial charge on any atom is 0.352 e. The normalized spacial score (nSPS) is 17.6. The van der Waals surface area contributed by atoms with Crippen LogP contribution in [-0.2, 0) is 29.3 Å². The fourth-order valence-electron chi connectivity index (χ4n) is 3.64. The van der Waals surface area contributed by atoms with E-state index in [0.717, 1.165) is 57.2 Å². The smallest absolute Gasteiger partial charge is 0.352 e. The second kappa shape index (κ2) is 7.33. The second-order valence-electron chi connectivity index (χ2n) is 8.10. The van der Waals surface area contributed by atoms with Crippen molar-refractivity contribution in [2.24, 2.45) is 9.50 Å². The summed E-state index contributed by atoms with van der Waals surface area (Å²) in [6, 6.07) is 1.40. The van der Waals surface area contributed by atoms with Gasteiger partial charge in [-0.15, -0.1) is 11.3 Å². The fourth-order valence-corrected chi connectivity index (χ4v) is 5.65. The third-order valence-corrected chi connectivity index (χ3v) is 7.79. The monoisotopic (exact) mass is 418 g/mol. The van der Waals surface area contributed by atoms with E-state index >= 15 is 0 Å². The van der Waals surface area contributed by atoms with E-state index in [2.05, 4.69) is 9.68 Å². The lowest BCUT2D eigenvalue weighted by Crippen LogP contribution is -2.15. The van der Waals surface area contributed by atoms with Gasteiger partial charge in [-0.25, -0.2) is 4.79 Å². The minimum atomic E-state index is -1.05. The molecule has 4 rings (SSSR count). The molecule has 1 fully saturated rings. The molecule has 1 atom stereocenters. The summed E-state index contributed by atoms with van der Waals surface area (Å²) in [5, 5.41) is 21.1. The summed E-state index contributed by atoms with van der Waals surface area (Å²) in [6.45, 7) is 5.50. The van der Waals surface area contributed by atoms with Crippen LogP contribution in [0.2, 0.25) is 0 Å². The number of rotatable bonds is 4. The number of aliphatic hydroxyl groups is 1. The molecule has 28 heavy (non-hydrogen) atoms. The van der Waals surface area contributed by atoms with E-state index in [9.17, 15) is 9.90 Å². The standard InChI is InChI=1S/C20H26N4O2S2/c1-11-17(12-7-8-12)22-15-6-4-5-14(15)18(11)23-19(25)24-28(21)16-9-13(10-27-16)20(2,3)26/h9-10,12,26H,4-8H2,1-3H3,(H3,21,22,23,24,25). The number of pyridine rings is 1. The summed E-state index contributed by atoms with van der Waals surface area (Å²) in [5.74, 6) is 0.536. The van der Waals surface area contributed by atoms with Crippen LogP contribution in [0.25, 0.3) is 0 Å². The van der Waals surface area contributed by atoms with E-state index in [4.69, 9.17) is 10.1 Å². The molecular formula is C20H26N4O2S2. The third kappa shape index (κ3) is 3.91. The van der Waals surface area contributed by atoms with E-state index in [1.807, 2.05) is 18.4 Å². The number of carbonyl (C=O) groups is 1. The van der Waals surface area contributed by atoms with Gasteiger partial charge in [0.15, 0.2) is 0 Å².